The van der Waals surface area contributed by atoms with E-state index in [1.807, 2.05) is 6.07 Å². The Morgan fingerprint density at radius 3 is 2.50 bits per heavy atom. The predicted molar refractivity (Wildman–Crippen MR) is 109 cm³/mol. The number of amides is 1. The Kier molecular flexibility index (Phi) is 5.89. The van der Waals surface area contributed by atoms with Crippen LogP contribution in [0.15, 0.2) is 66.7 Å². The number of benzene rings is 2. The summed E-state index contributed by atoms with van der Waals surface area (Å²) in [6.07, 6.45) is 3.18. The monoisotopic (exact) mass is 401 g/mol. The van der Waals surface area contributed by atoms with Crippen LogP contribution in [0.5, 0.6) is 0 Å². The van der Waals surface area contributed by atoms with E-state index in [4.69, 9.17) is 23.2 Å². The number of hydrogen-bond acceptors (Lipinski definition) is 3. The Morgan fingerprint density at radius 2 is 1.77 bits per heavy atom. The molecule has 0 aliphatic carbocycles. The Labute approximate surface area is 164 Å². The second-order valence-corrected chi connectivity index (χ2v) is 7.48. The molecule has 0 aliphatic rings. The molecule has 0 aliphatic heterocycles. The van der Waals surface area contributed by atoms with Gasteiger partial charge in [0, 0.05) is 5.69 Å². The van der Waals surface area contributed by atoms with Crippen molar-refractivity contribution in [3.63, 3.8) is 0 Å². The first-order chi connectivity index (χ1) is 12.5. The van der Waals surface area contributed by atoms with E-state index in [0.717, 1.165) is 5.56 Å². The van der Waals surface area contributed by atoms with Crippen molar-refractivity contribution in [2.45, 2.75) is 0 Å². The summed E-state index contributed by atoms with van der Waals surface area (Å²) >= 11 is 13.1. The Hall–Kier alpha value is -2.40. The molecule has 0 spiro atoms. The molecule has 3 aromatic rings. The number of carbonyl (C=O) groups excluding carboxylic acids is 2. The summed E-state index contributed by atoms with van der Waals surface area (Å²) in [5.41, 5.74) is 1.81. The average Bonchev–Trinajstić information content (AvgIpc) is 3.07. The van der Waals surface area contributed by atoms with Gasteiger partial charge in [0.15, 0.2) is 5.78 Å². The molecule has 1 N–H and O–H groups in total. The van der Waals surface area contributed by atoms with Crippen molar-refractivity contribution in [2.24, 2.45) is 0 Å². The van der Waals surface area contributed by atoms with E-state index in [1.165, 1.54) is 17.4 Å². The Bertz CT molecular complexity index is 995. The molecule has 0 saturated heterocycles. The highest BCUT2D eigenvalue weighted by atomic mass is 35.5. The van der Waals surface area contributed by atoms with Crippen LogP contribution in [0.3, 0.4) is 0 Å². The van der Waals surface area contributed by atoms with Crippen molar-refractivity contribution >= 4 is 58.0 Å². The van der Waals surface area contributed by atoms with E-state index in [0.29, 0.717) is 25.5 Å². The van der Waals surface area contributed by atoms with Gasteiger partial charge in [0.2, 0.25) is 0 Å². The summed E-state index contributed by atoms with van der Waals surface area (Å²) in [6.45, 7) is 0. The SMILES string of the molecule is O=C(/C=C/c1cccc(NC(=O)c2ccccc2Cl)c1)c1ccc(Cl)s1. The molecular weight excluding hydrogens is 389 g/mol. The van der Waals surface area contributed by atoms with E-state index in [-0.39, 0.29) is 11.7 Å². The van der Waals surface area contributed by atoms with Gasteiger partial charge < -0.3 is 5.32 Å². The smallest absolute Gasteiger partial charge is 0.257 e. The molecule has 0 atom stereocenters. The lowest BCUT2D eigenvalue weighted by atomic mass is 10.1. The minimum atomic E-state index is -0.291. The second-order valence-electron chi connectivity index (χ2n) is 5.36. The van der Waals surface area contributed by atoms with Crippen LogP contribution in [0.1, 0.15) is 25.6 Å². The summed E-state index contributed by atoms with van der Waals surface area (Å²) in [5, 5.41) is 3.19. The van der Waals surface area contributed by atoms with Gasteiger partial charge in [-0.3, -0.25) is 9.59 Å². The van der Waals surface area contributed by atoms with Crippen LogP contribution >= 0.6 is 34.5 Å². The number of nitrogens with one attached hydrogen (secondary N) is 1. The molecule has 1 heterocycles. The largest absolute Gasteiger partial charge is 0.322 e. The van der Waals surface area contributed by atoms with E-state index in [1.54, 1.807) is 60.7 Å². The number of halogens is 2. The van der Waals surface area contributed by atoms with E-state index in [9.17, 15) is 9.59 Å². The van der Waals surface area contributed by atoms with Crippen molar-refractivity contribution in [3.8, 4) is 0 Å². The van der Waals surface area contributed by atoms with Crippen LogP contribution in [0.25, 0.3) is 6.08 Å². The number of hydrogen-bond donors (Lipinski definition) is 1. The summed E-state index contributed by atoms with van der Waals surface area (Å²) in [4.78, 5) is 25.0. The maximum atomic E-state index is 12.3. The third-order valence-corrected chi connectivity index (χ3v) is 5.08. The van der Waals surface area contributed by atoms with Crippen molar-refractivity contribution in [2.75, 3.05) is 5.32 Å². The standard InChI is InChI=1S/C20H13Cl2NO2S/c21-16-7-2-1-6-15(16)20(25)23-14-5-3-4-13(12-14)8-9-17(24)18-10-11-19(22)26-18/h1-12H,(H,23,25)/b9-8+. The molecule has 0 saturated carbocycles. The van der Waals surface area contributed by atoms with Crippen LogP contribution < -0.4 is 5.32 Å². The molecule has 0 unspecified atom stereocenters. The van der Waals surface area contributed by atoms with Crippen molar-refractivity contribution in [3.05, 3.63) is 92.1 Å². The highest BCUT2D eigenvalue weighted by Crippen LogP contribution is 2.23. The number of ketones is 1. The topological polar surface area (TPSA) is 46.2 Å². The first-order valence-corrected chi connectivity index (χ1v) is 9.24. The molecule has 0 radical (unpaired) electrons. The normalized spacial score (nSPS) is 10.8. The zero-order valence-electron chi connectivity index (χ0n) is 13.4. The number of rotatable bonds is 5. The van der Waals surface area contributed by atoms with E-state index in [2.05, 4.69) is 5.32 Å². The fourth-order valence-corrected chi connectivity index (χ4v) is 3.45. The molecule has 3 nitrogen and oxygen atoms in total. The Balaban J connectivity index is 1.72. The number of allylic oxidation sites excluding steroid dienone is 1. The maximum Gasteiger partial charge on any atom is 0.257 e. The fourth-order valence-electron chi connectivity index (χ4n) is 2.26. The molecular formula is C20H13Cl2NO2S. The van der Waals surface area contributed by atoms with Crippen LogP contribution in [-0.2, 0) is 0 Å². The first kappa shape index (κ1) is 18.4. The highest BCUT2D eigenvalue weighted by molar-refractivity contribution is 7.18. The molecule has 1 aromatic heterocycles. The molecule has 130 valence electrons. The van der Waals surface area contributed by atoms with Gasteiger partial charge in [0.25, 0.3) is 5.91 Å². The summed E-state index contributed by atoms with van der Waals surface area (Å²) in [5.74, 6) is -0.409. The molecule has 26 heavy (non-hydrogen) atoms. The van der Waals surface area contributed by atoms with Gasteiger partial charge in [-0.15, -0.1) is 11.3 Å². The quantitative estimate of drug-likeness (QED) is 0.408. The minimum absolute atomic E-state index is 0.118. The van der Waals surface area contributed by atoms with Gasteiger partial charge in [0.05, 0.1) is 19.8 Å². The summed E-state index contributed by atoms with van der Waals surface area (Å²) in [6, 6.07) is 17.4. The van der Waals surface area contributed by atoms with Crippen LogP contribution in [0.2, 0.25) is 9.36 Å². The van der Waals surface area contributed by atoms with Crippen LogP contribution in [0.4, 0.5) is 5.69 Å². The second kappa shape index (κ2) is 8.32. The molecule has 1 amide bonds. The number of thiophene rings is 1. The summed E-state index contributed by atoms with van der Waals surface area (Å²) < 4.78 is 0.575. The zero-order valence-corrected chi connectivity index (χ0v) is 15.7. The van der Waals surface area contributed by atoms with Gasteiger partial charge in [-0.05, 0) is 48.0 Å². The van der Waals surface area contributed by atoms with Gasteiger partial charge in [-0.25, -0.2) is 0 Å². The molecule has 3 rings (SSSR count). The number of carbonyl (C=O) groups is 2. The first-order valence-electron chi connectivity index (χ1n) is 7.66. The highest BCUT2D eigenvalue weighted by Gasteiger charge is 2.10. The van der Waals surface area contributed by atoms with Crippen molar-refractivity contribution in [1.29, 1.82) is 0 Å². The maximum absolute atomic E-state index is 12.3. The van der Waals surface area contributed by atoms with Crippen LogP contribution in [0, 0.1) is 0 Å². The third-order valence-electron chi connectivity index (χ3n) is 3.51. The van der Waals surface area contributed by atoms with Gasteiger partial charge >= 0.3 is 0 Å². The zero-order chi connectivity index (χ0) is 18.5. The Morgan fingerprint density at radius 1 is 0.962 bits per heavy atom. The van der Waals surface area contributed by atoms with E-state index >= 15 is 0 Å². The third kappa shape index (κ3) is 4.61. The van der Waals surface area contributed by atoms with Gasteiger partial charge in [-0.1, -0.05) is 53.5 Å². The minimum Gasteiger partial charge on any atom is -0.322 e. The molecule has 0 fully saturated rings. The molecule has 2 aromatic carbocycles. The van der Waals surface area contributed by atoms with Gasteiger partial charge in [0.1, 0.15) is 0 Å². The van der Waals surface area contributed by atoms with E-state index < -0.39 is 0 Å². The van der Waals surface area contributed by atoms with Gasteiger partial charge in [-0.2, -0.15) is 0 Å². The van der Waals surface area contributed by atoms with Crippen molar-refractivity contribution < 1.29 is 9.59 Å². The number of anilines is 1. The lowest BCUT2D eigenvalue weighted by Crippen LogP contribution is -2.12. The predicted octanol–water partition coefficient (Wildman–Crippen LogP) is 6.20. The lowest BCUT2D eigenvalue weighted by Gasteiger charge is -2.07. The molecule has 6 heteroatoms. The molecule has 0 bridgehead atoms. The summed E-state index contributed by atoms with van der Waals surface area (Å²) in [7, 11) is 0. The lowest BCUT2D eigenvalue weighted by molar-refractivity contribution is 0.102. The van der Waals surface area contributed by atoms with Crippen molar-refractivity contribution in [1.82, 2.24) is 0 Å². The van der Waals surface area contributed by atoms with Crippen LogP contribution in [-0.4, -0.2) is 11.7 Å². The fraction of sp³-hybridized carbons (Fsp3) is 0. The average molecular weight is 402 g/mol.